The molecule has 0 aliphatic carbocycles. The first kappa shape index (κ1) is 26.3. The zero-order valence-electron chi connectivity index (χ0n) is 21.1. The molecule has 0 atom stereocenters. The second-order valence-corrected chi connectivity index (χ2v) is 10.6. The molecule has 5 rings (SSSR count). The molecule has 0 radical (unpaired) electrons. The topological polar surface area (TPSA) is 157 Å². The molecular formula is C27H23FN8O3S. The Hall–Kier alpha value is -5.30. The van der Waals surface area contributed by atoms with Crippen LogP contribution in [-0.4, -0.2) is 40.1 Å². The minimum absolute atomic E-state index is 0.0199. The van der Waals surface area contributed by atoms with Crippen molar-refractivity contribution in [3.63, 3.8) is 0 Å². The fraction of sp³-hybridized carbons (Fsp3) is 0.0370. The van der Waals surface area contributed by atoms with E-state index in [1.165, 1.54) is 18.3 Å². The number of carbonyl (C=O) groups is 1. The second-order valence-electron chi connectivity index (χ2n) is 8.80. The van der Waals surface area contributed by atoms with Crippen LogP contribution in [-0.2, 0) is 10.0 Å². The predicted molar refractivity (Wildman–Crippen MR) is 153 cm³/mol. The summed E-state index contributed by atoms with van der Waals surface area (Å²) in [6.45, 7) is 8.29. The van der Waals surface area contributed by atoms with Gasteiger partial charge in [0, 0.05) is 45.7 Å². The van der Waals surface area contributed by atoms with Crippen LogP contribution in [0.4, 0.5) is 33.2 Å². The van der Waals surface area contributed by atoms with Crippen LogP contribution in [0.5, 0.6) is 0 Å². The van der Waals surface area contributed by atoms with Crippen molar-refractivity contribution < 1.29 is 17.6 Å². The number of pyridine rings is 1. The van der Waals surface area contributed by atoms with E-state index in [2.05, 4.69) is 43.5 Å². The van der Waals surface area contributed by atoms with Crippen molar-refractivity contribution in [3.8, 4) is 5.69 Å². The molecule has 0 aliphatic rings. The summed E-state index contributed by atoms with van der Waals surface area (Å²) < 4.78 is 42.7. The molecule has 5 N–H and O–H groups in total. The van der Waals surface area contributed by atoms with Crippen LogP contribution in [0.15, 0.2) is 67.1 Å². The number of fused-ring (bicyclic) bond motifs is 1. The molecule has 2 aromatic carbocycles. The highest BCUT2D eigenvalue weighted by Gasteiger charge is 2.17. The molecule has 3 aromatic heterocycles. The Morgan fingerprint density at radius 3 is 2.40 bits per heavy atom. The fourth-order valence-electron chi connectivity index (χ4n) is 4.19. The van der Waals surface area contributed by atoms with Crippen LogP contribution >= 0.6 is 0 Å². The van der Waals surface area contributed by atoms with Crippen molar-refractivity contribution in [3.05, 3.63) is 89.2 Å². The van der Waals surface area contributed by atoms with E-state index in [1.54, 1.807) is 47.3 Å². The summed E-state index contributed by atoms with van der Waals surface area (Å²) in [5.41, 5.74) is 6.59. The zero-order valence-corrected chi connectivity index (χ0v) is 22.0. The smallest absolute Gasteiger partial charge is 0.254 e. The largest absolute Gasteiger partial charge is 0.365 e. The number of nitrogens with zero attached hydrogens (tertiary/aromatic N) is 4. The SMILES string of the molecule is C=c1c2ccncc2c(=C)n1-c1ccc(F)c(Nc2ncc(C(N)=O)c(Nc3ccccc3NS(C)(=O)=O)n2)c1. The first-order valence-electron chi connectivity index (χ1n) is 11.7. The number of anilines is 5. The van der Waals surface area contributed by atoms with E-state index in [0.29, 0.717) is 22.1 Å². The summed E-state index contributed by atoms with van der Waals surface area (Å²) in [5.74, 6) is -1.48. The van der Waals surface area contributed by atoms with Gasteiger partial charge in [-0.1, -0.05) is 25.3 Å². The van der Waals surface area contributed by atoms with Crippen molar-refractivity contribution in [1.82, 2.24) is 19.5 Å². The molecule has 13 heteroatoms. The lowest BCUT2D eigenvalue weighted by molar-refractivity contribution is 0.100. The van der Waals surface area contributed by atoms with Gasteiger partial charge in [0.05, 0.1) is 23.3 Å². The first-order chi connectivity index (χ1) is 19.0. The summed E-state index contributed by atoms with van der Waals surface area (Å²) in [5, 5.41) is 8.73. The van der Waals surface area contributed by atoms with Gasteiger partial charge in [0.15, 0.2) is 0 Å². The molecule has 202 valence electrons. The first-order valence-corrected chi connectivity index (χ1v) is 13.6. The van der Waals surface area contributed by atoms with E-state index in [1.807, 2.05) is 6.07 Å². The van der Waals surface area contributed by atoms with Crippen molar-refractivity contribution >= 4 is 68.7 Å². The summed E-state index contributed by atoms with van der Waals surface area (Å²) >= 11 is 0. The Morgan fingerprint density at radius 1 is 0.975 bits per heavy atom. The molecular weight excluding hydrogens is 535 g/mol. The summed E-state index contributed by atoms with van der Waals surface area (Å²) in [6, 6.07) is 12.7. The number of nitrogens with one attached hydrogen (secondary N) is 3. The number of amides is 1. The third-order valence-corrected chi connectivity index (χ3v) is 6.56. The Morgan fingerprint density at radius 2 is 1.70 bits per heavy atom. The molecule has 1 amide bonds. The highest BCUT2D eigenvalue weighted by atomic mass is 32.2. The van der Waals surface area contributed by atoms with Crippen LogP contribution in [0.2, 0.25) is 0 Å². The minimum atomic E-state index is -3.60. The number of benzene rings is 2. The number of rotatable bonds is 8. The second kappa shape index (κ2) is 10.1. The lowest BCUT2D eigenvalue weighted by Gasteiger charge is -2.15. The van der Waals surface area contributed by atoms with Crippen LogP contribution in [0.1, 0.15) is 10.4 Å². The highest BCUT2D eigenvalue weighted by Crippen LogP contribution is 2.28. The number of hydrogen-bond donors (Lipinski definition) is 4. The molecule has 5 aromatic rings. The average molecular weight is 559 g/mol. The van der Waals surface area contributed by atoms with Gasteiger partial charge in [0.2, 0.25) is 16.0 Å². The van der Waals surface area contributed by atoms with Gasteiger partial charge in [-0.2, -0.15) is 4.98 Å². The molecule has 3 heterocycles. The van der Waals surface area contributed by atoms with Crippen molar-refractivity contribution in [1.29, 1.82) is 0 Å². The van der Waals surface area contributed by atoms with E-state index in [0.717, 1.165) is 17.0 Å². The molecule has 0 bridgehead atoms. The number of sulfonamides is 1. The number of halogens is 1. The number of carbonyl (C=O) groups excluding carboxylic acids is 1. The third-order valence-electron chi connectivity index (χ3n) is 5.97. The van der Waals surface area contributed by atoms with Crippen LogP contribution in [0.3, 0.4) is 0 Å². The minimum Gasteiger partial charge on any atom is -0.365 e. The number of para-hydroxylation sites is 2. The maximum atomic E-state index is 14.9. The summed E-state index contributed by atoms with van der Waals surface area (Å²) in [4.78, 5) is 24.7. The summed E-state index contributed by atoms with van der Waals surface area (Å²) in [7, 11) is -3.60. The Balaban J connectivity index is 1.53. The number of hydrogen-bond acceptors (Lipinski definition) is 8. The van der Waals surface area contributed by atoms with Crippen molar-refractivity contribution in [2.75, 3.05) is 21.6 Å². The molecule has 0 saturated carbocycles. The van der Waals surface area contributed by atoms with Gasteiger partial charge in [0.25, 0.3) is 5.91 Å². The molecule has 11 nitrogen and oxygen atoms in total. The van der Waals surface area contributed by atoms with E-state index in [-0.39, 0.29) is 28.7 Å². The third kappa shape index (κ3) is 5.17. The Kier molecular flexibility index (Phi) is 6.65. The van der Waals surface area contributed by atoms with Gasteiger partial charge < -0.3 is 20.9 Å². The van der Waals surface area contributed by atoms with Crippen LogP contribution in [0, 0.1) is 5.82 Å². The Bertz CT molecular complexity index is 1960. The molecule has 0 unspecified atom stereocenters. The van der Waals surface area contributed by atoms with Gasteiger partial charge in [-0.05, 0) is 36.4 Å². The van der Waals surface area contributed by atoms with Crippen molar-refractivity contribution in [2.45, 2.75) is 0 Å². The highest BCUT2D eigenvalue weighted by molar-refractivity contribution is 7.92. The van der Waals surface area contributed by atoms with E-state index in [9.17, 15) is 17.6 Å². The molecule has 0 saturated heterocycles. The zero-order chi connectivity index (χ0) is 28.6. The maximum Gasteiger partial charge on any atom is 0.254 e. The quantitative estimate of drug-likeness (QED) is 0.226. The van der Waals surface area contributed by atoms with Gasteiger partial charge in [-0.3, -0.25) is 14.5 Å². The summed E-state index contributed by atoms with van der Waals surface area (Å²) in [6.07, 6.45) is 5.54. The maximum absolute atomic E-state index is 14.9. The standard InChI is InChI=1S/C27H23FN8O3S/c1-15-18-10-11-30-13-19(18)16(2)36(15)17-8-9-21(28)24(12-17)33-27-31-14-20(25(29)37)26(34-27)32-22-6-4-5-7-23(22)35-40(3,38)39/h4-14,35H,1-2H2,3H3,(H2,29,37)(H2,31,32,33,34). The number of aromatic nitrogens is 4. The molecule has 40 heavy (non-hydrogen) atoms. The monoisotopic (exact) mass is 558 g/mol. The van der Waals surface area contributed by atoms with E-state index >= 15 is 0 Å². The lowest BCUT2D eigenvalue weighted by Crippen LogP contribution is -2.23. The number of nitrogens with two attached hydrogens (primary N) is 1. The van der Waals surface area contributed by atoms with Gasteiger partial charge in [-0.15, -0.1) is 0 Å². The van der Waals surface area contributed by atoms with E-state index < -0.39 is 21.7 Å². The van der Waals surface area contributed by atoms with Crippen molar-refractivity contribution in [2.24, 2.45) is 5.73 Å². The Labute approximate surface area is 228 Å². The van der Waals surface area contributed by atoms with Gasteiger partial charge in [-0.25, -0.2) is 17.8 Å². The van der Waals surface area contributed by atoms with E-state index in [4.69, 9.17) is 5.73 Å². The number of primary amides is 1. The molecule has 0 aliphatic heterocycles. The normalized spacial score (nSPS) is 11.3. The lowest BCUT2D eigenvalue weighted by atomic mass is 10.2. The van der Waals surface area contributed by atoms with Gasteiger partial charge in [0.1, 0.15) is 17.2 Å². The molecule has 0 fully saturated rings. The average Bonchev–Trinajstić information content (AvgIpc) is 3.15. The predicted octanol–water partition coefficient (Wildman–Crippen LogP) is 2.73. The van der Waals surface area contributed by atoms with Crippen LogP contribution in [0.25, 0.3) is 29.6 Å². The van der Waals surface area contributed by atoms with Gasteiger partial charge >= 0.3 is 0 Å². The fourth-order valence-corrected chi connectivity index (χ4v) is 4.76. The molecule has 0 spiro atoms. The van der Waals surface area contributed by atoms with Crippen LogP contribution < -0.4 is 31.8 Å².